The summed E-state index contributed by atoms with van der Waals surface area (Å²) < 4.78 is 5.15. The summed E-state index contributed by atoms with van der Waals surface area (Å²) in [4.78, 5) is 38.0. The van der Waals surface area contributed by atoms with Crippen LogP contribution in [0.1, 0.15) is 13.3 Å². The van der Waals surface area contributed by atoms with Gasteiger partial charge in [-0.3, -0.25) is 14.4 Å². The van der Waals surface area contributed by atoms with E-state index in [0.717, 1.165) is 6.42 Å². The highest BCUT2D eigenvalue weighted by Crippen LogP contribution is 2.53. The molecule has 2 bridgehead atoms. The Balaban J connectivity index is 1.74. The molecule has 0 radical (unpaired) electrons. The van der Waals surface area contributed by atoms with Gasteiger partial charge in [0, 0.05) is 6.92 Å². The Morgan fingerprint density at radius 2 is 1.68 bits per heavy atom. The minimum atomic E-state index is -0.478. The number of carbonyl (C=O) groups excluding carboxylic acids is 3. The van der Waals surface area contributed by atoms with E-state index in [4.69, 9.17) is 4.74 Å². The third-order valence-electron chi connectivity index (χ3n) is 4.83. The largest absolute Gasteiger partial charge is 0.424 e. The summed E-state index contributed by atoms with van der Waals surface area (Å²) in [5.41, 5.74) is 0.363. The molecule has 1 aliphatic heterocycles. The number of para-hydroxylation sites is 2. The minimum Gasteiger partial charge on any atom is -0.424 e. The second-order valence-electron chi connectivity index (χ2n) is 6.07. The molecule has 1 saturated heterocycles. The van der Waals surface area contributed by atoms with E-state index in [-0.39, 0.29) is 41.2 Å². The first-order chi connectivity index (χ1) is 10.6. The van der Waals surface area contributed by atoms with Crippen molar-refractivity contribution in [3.05, 3.63) is 36.4 Å². The number of carbonyl (C=O) groups is 3. The highest BCUT2D eigenvalue weighted by molar-refractivity contribution is 6.23. The van der Waals surface area contributed by atoms with Crippen molar-refractivity contribution in [2.75, 3.05) is 4.90 Å². The van der Waals surface area contributed by atoms with E-state index < -0.39 is 5.97 Å². The van der Waals surface area contributed by atoms with Gasteiger partial charge in [0.15, 0.2) is 5.75 Å². The number of benzene rings is 1. The van der Waals surface area contributed by atoms with Crippen molar-refractivity contribution in [2.45, 2.75) is 13.3 Å². The number of imide groups is 1. The molecule has 5 heteroatoms. The maximum atomic E-state index is 12.8. The summed E-state index contributed by atoms with van der Waals surface area (Å²) in [6.07, 6.45) is 5.00. The highest BCUT2D eigenvalue weighted by Gasteiger charge is 2.59. The van der Waals surface area contributed by atoms with Crippen LogP contribution < -0.4 is 9.64 Å². The summed E-state index contributed by atoms with van der Waals surface area (Å²) in [7, 11) is 0. The maximum absolute atomic E-state index is 12.8. The number of ether oxygens (including phenoxy) is 1. The number of nitrogens with zero attached hydrogens (tertiary/aromatic N) is 1. The number of amides is 2. The fraction of sp³-hybridized carbons (Fsp3) is 0.353. The molecule has 1 saturated carbocycles. The van der Waals surface area contributed by atoms with Crippen LogP contribution in [0.25, 0.3) is 0 Å². The van der Waals surface area contributed by atoms with Gasteiger partial charge in [-0.1, -0.05) is 24.3 Å². The quantitative estimate of drug-likeness (QED) is 0.362. The monoisotopic (exact) mass is 297 g/mol. The standard InChI is InChI=1S/C17H15NO4/c1-9(19)22-13-5-3-2-4-12(13)18-16(20)14-10-6-7-11(8-10)15(14)17(18)21/h2-7,10-11,14-15H,8H2,1H3/t10-,11+,14-,15+. The fourth-order valence-corrected chi connectivity index (χ4v) is 4.02. The van der Waals surface area contributed by atoms with Crippen molar-refractivity contribution in [3.8, 4) is 5.75 Å². The first-order valence-electron chi connectivity index (χ1n) is 7.41. The Hall–Kier alpha value is -2.43. The van der Waals surface area contributed by atoms with E-state index in [1.807, 2.05) is 0 Å². The lowest BCUT2D eigenvalue weighted by atomic mass is 9.85. The van der Waals surface area contributed by atoms with Crippen molar-refractivity contribution < 1.29 is 19.1 Å². The molecule has 0 aromatic heterocycles. The van der Waals surface area contributed by atoms with E-state index >= 15 is 0 Å². The van der Waals surface area contributed by atoms with Crippen LogP contribution in [0, 0.1) is 23.7 Å². The topological polar surface area (TPSA) is 63.7 Å². The van der Waals surface area contributed by atoms with Crippen molar-refractivity contribution >= 4 is 23.5 Å². The molecule has 1 aromatic carbocycles. The van der Waals surface area contributed by atoms with Gasteiger partial charge < -0.3 is 4.74 Å². The van der Waals surface area contributed by atoms with Crippen molar-refractivity contribution in [3.63, 3.8) is 0 Å². The molecule has 112 valence electrons. The summed E-state index contributed by atoms with van der Waals surface area (Å²) in [6.45, 7) is 1.29. The Kier molecular flexibility index (Phi) is 2.73. The third-order valence-corrected chi connectivity index (χ3v) is 4.83. The first-order valence-corrected chi connectivity index (χ1v) is 7.41. The molecular weight excluding hydrogens is 282 g/mol. The lowest BCUT2D eigenvalue weighted by molar-refractivity contribution is -0.132. The molecule has 22 heavy (non-hydrogen) atoms. The van der Waals surface area contributed by atoms with Crippen LogP contribution in [0.3, 0.4) is 0 Å². The molecule has 2 aliphatic carbocycles. The molecule has 5 nitrogen and oxygen atoms in total. The molecule has 4 atom stereocenters. The van der Waals surface area contributed by atoms with Crippen molar-refractivity contribution in [2.24, 2.45) is 23.7 Å². The number of fused-ring (bicyclic) bond motifs is 5. The smallest absolute Gasteiger partial charge is 0.308 e. The van der Waals surface area contributed by atoms with Crippen LogP contribution in [-0.4, -0.2) is 17.8 Å². The van der Waals surface area contributed by atoms with Crippen molar-refractivity contribution in [1.29, 1.82) is 0 Å². The summed E-state index contributed by atoms with van der Waals surface area (Å²) in [5.74, 6) is -0.765. The van der Waals surface area contributed by atoms with Crippen molar-refractivity contribution in [1.82, 2.24) is 0 Å². The SMILES string of the molecule is CC(=O)Oc1ccccc1N1C(=O)[C@@H]2[C@H](C1=O)[C@@H]1C=C[C@H]2C1. The van der Waals surface area contributed by atoms with Crippen LogP contribution in [0.5, 0.6) is 5.75 Å². The second kappa shape index (κ2) is 4.53. The van der Waals surface area contributed by atoms with Crippen LogP contribution in [-0.2, 0) is 14.4 Å². The lowest BCUT2D eigenvalue weighted by Crippen LogP contribution is -2.33. The zero-order valence-corrected chi connectivity index (χ0v) is 12.1. The number of rotatable bonds is 2. The van der Waals surface area contributed by atoms with E-state index in [2.05, 4.69) is 12.2 Å². The molecule has 0 N–H and O–H groups in total. The highest BCUT2D eigenvalue weighted by atomic mass is 16.5. The molecule has 2 fully saturated rings. The van der Waals surface area contributed by atoms with Gasteiger partial charge in [0.25, 0.3) is 0 Å². The van der Waals surface area contributed by atoms with Gasteiger partial charge in [-0.15, -0.1) is 0 Å². The van der Waals surface area contributed by atoms with Crippen LogP contribution in [0.15, 0.2) is 36.4 Å². The van der Waals surface area contributed by atoms with Crippen LogP contribution in [0.2, 0.25) is 0 Å². The Morgan fingerprint density at radius 3 is 2.27 bits per heavy atom. The fourth-order valence-electron chi connectivity index (χ4n) is 4.02. The van der Waals surface area contributed by atoms with Gasteiger partial charge in [0.1, 0.15) is 0 Å². The molecule has 2 amide bonds. The lowest BCUT2D eigenvalue weighted by Gasteiger charge is -2.19. The molecule has 1 heterocycles. The van der Waals surface area contributed by atoms with Gasteiger partial charge in [0.05, 0.1) is 17.5 Å². The number of anilines is 1. The molecule has 3 aliphatic rings. The average molecular weight is 297 g/mol. The zero-order chi connectivity index (χ0) is 15.4. The van der Waals surface area contributed by atoms with Crippen LogP contribution >= 0.6 is 0 Å². The second-order valence-corrected chi connectivity index (χ2v) is 6.07. The molecule has 0 unspecified atom stereocenters. The van der Waals surface area contributed by atoms with Gasteiger partial charge in [-0.25, -0.2) is 4.90 Å². The van der Waals surface area contributed by atoms with E-state index in [0.29, 0.717) is 5.69 Å². The van der Waals surface area contributed by atoms with Gasteiger partial charge in [0.2, 0.25) is 11.8 Å². The maximum Gasteiger partial charge on any atom is 0.308 e. The summed E-state index contributed by atoms with van der Waals surface area (Å²) in [5, 5.41) is 0. The van der Waals surface area contributed by atoms with Gasteiger partial charge >= 0.3 is 5.97 Å². The molecule has 4 rings (SSSR count). The molecule has 1 aromatic rings. The normalized spacial score (nSPS) is 31.8. The number of esters is 1. The van der Waals surface area contributed by atoms with E-state index in [9.17, 15) is 14.4 Å². The van der Waals surface area contributed by atoms with E-state index in [1.54, 1.807) is 24.3 Å². The van der Waals surface area contributed by atoms with Gasteiger partial charge in [-0.2, -0.15) is 0 Å². The zero-order valence-electron chi connectivity index (χ0n) is 12.1. The predicted octanol–water partition coefficient (Wildman–Crippen LogP) is 1.92. The Bertz CT molecular complexity index is 693. The minimum absolute atomic E-state index is 0.164. The molecule has 0 spiro atoms. The number of hydrogen-bond acceptors (Lipinski definition) is 4. The van der Waals surface area contributed by atoms with Crippen LogP contribution in [0.4, 0.5) is 5.69 Å². The average Bonchev–Trinajstić information content (AvgIpc) is 3.14. The predicted molar refractivity (Wildman–Crippen MR) is 78.0 cm³/mol. The number of allylic oxidation sites excluding steroid dienone is 2. The Labute approximate surface area is 127 Å². The summed E-state index contributed by atoms with van der Waals surface area (Å²) in [6, 6.07) is 6.67. The number of hydrogen-bond donors (Lipinski definition) is 0. The summed E-state index contributed by atoms with van der Waals surface area (Å²) >= 11 is 0. The van der Waals surface area contributed by atoms with E-state index in [1.165, 1.54) is 11.8 Å². The Morgan fingerprint density at radius 1 is 1.09 bits per heavy atom. The third kappa shape index (κ3) is 1.68. The first kappa shape index (κ1) is 13.2. The van der Waals surface area contributed by atoms with Gasteiger partial charge in [-0.05, 0) is 30.4 Å². The molecular formula is C17H15NO4.